The first-order chi connectivity index (χ1) is 6.29. The average Bonchev–Trinajstić information content (AvgIpc) is 2.49. The number of aliphatic hydroxyl groups excluding tert-OH is 1. The molecule has 1 heterocycles. The van der Waals surface area contributed by atoms with E-state index in [1.807, 2.05) is 0 Å². The minimum atomic E-state index is -5.59. The minimum Gasteiger partial charge on any atom is -0.391 e. The lowest BCUT2D eigenvalue weighted by atomic mass is 10.2. The van der Waals surface area contributed by atoms with Crippen LogP contribution in [0.2, 0.25) is 0 Å². The Bertz CT molecular complexity index is 316. The molecule has 0 amide bonds. The Balaban J connectivity index is 3.04. The Morgan fingerprint density at radius 1 is 1.14 bits per heavy atom. The van der Waals surface area contributed by atoms with E-state index in [1.165, 1.54) is 0 Å². The van der Waals surface area contributed by atoms with Crippen molar-refractivity contribution in [1.29, 1.82) is 0 Å². The van der Waals surface area contributed by atoms with Gasteiger partial charge in [0.05, 0.1) is 11.5 Å². The van der Waals surface area contributed by atoms with Crippen LogP contribution in [0.15, 0.2) is 12.1 Å². The molecule has 0 unspecified atom stereocenters. The highest BCUT2D eigenvalue weighted by molar-refractivity contribution is 7.12. The molecule has 1 rings (SSSR count). The second-order valence-electron chi connectivity index (χ2n) is 2.50. The zero-order chi connectivity index (χ0) is 11.0. The van der Waals surface area contributed by atoms with Crippen molar-refractivity contribution in [1.82, 2.24) is 0 Å². The molecule has 0 aromatic carbocycles. The van der Waals surface area contributed by atoms with Crippen LogP contribution in [0.25, 0.3) is 0 Å². The number of aliphatic hydroxyl groups is 1. The lowest BCUT2D eigenvalue weighted by Crippen LogP contribution is -2.32. The summed E-state index contributed by atoms with van der Waals surface area (Å²) in [4.78, 5) is -1.03. The van der Waals surface area contributed by atoms with E-state index in [0.29, 0.717) is 6.07 Å². The summed E-state index contributed by atoms with van der Waals surface area (Å²) in [6.07, 6.45) is -5.59. The zero-order valence-corrected chi connectivity index (χ0v) is 7.42. The molecule has 7 heteroatoms. The first-order valence-corrected chi connectivity index (χ1v) is 4.25. The number of hydrogen-bond acceptors (Lipinski definition) is 2. The van der Waals surface area contributed by atoms with Crippen molar-refractivity contribution in [2.75, 3.05) is 0 Å². The fourth-order valence-electron chi connectivity index (χ4n) is 0.771. The highest BCUT2D eigenvalue weighted by atomic mass is 32.1. The van der Waals surface area contributed by atoms with Crippen LogP contribution in [0.5, 0.6) is 0 Å². The average molecular weight is 232 g/mol. The van der Waals surface area contributed by atoms with Crippen LogP contribution < -0.4 is 0 Å². The molecule has 0 fully saturated rings. The highest BCUT2D eigenvalue weighted by Crippen LogP contribution is 2.46. The molecule has 1 nitrogen and oxygen atoms in total. The molecule has 0 aliphatic carbocycles. The maximum absolute atomic E-state index is 12.6. The highest BCUT2D eigenvalue weighted by Gasteiger charge is 2.59. The molecule has 0 saturated carbocycles. The molecule has 0 atom stereocenters. The van der Waals surface area contributed by atoms with Gasteiger partial charge >= 0.3 is 12.1 Å². The molecule has 0 aliphatic heterocycles. The Labute approximate surface area is 79.8 Å². The van der Waals surface area contributed by atoms with Gasteiger partial charge in [0.25, 0.3) is 0 Å². The van der Waals surface area contributed by atoms with Crippen molar-refractivity contribution in [3.8, 4) is 0 Å². The molecule has 0 aliphatic rings. The van der Waals surface area contributed by atoms with Crippen molar-refractivity contribution in [3.63, 3.8) is 0 Å². The van der Waals surface area contributed by atoms with Gasteiger partial charge in [-0.2, -0.15) is 22.0 Å². The first-order valence-electron chi connectivity index (χ1n) is 3.43. The summed E-state index contributed by atoms with van der Waals surface area (Å²) in [6, 6.07) is 1.71. The Morgan fingerprint density at radius 3 is 2.07 bits per heavy atom. The fourth-order valence-corrected chi connectivity index (χ4v) is 1.63. The van der Waals surface area contributed by atoms with Gasteiger partial charge in [0.1, 0.15) is 0 Å². The summed E-state index contributed by atoms with van der Waals surface area (Å²) in [5.41, 5.74) is 0. The smallest absolute Gasteiger partial charge is 0.391 e. The molecule has 1 N–H and O–H groups in total. The quantitative estimate of drug-likeness (QED) is 0.777. The molecule has 14 heavy (non-hydrogen) atoms. The molecular formula is C7H5F5OS. The van der Waals surface area contributed by atoms with Crippen LogP contribution >= 0.6 is 11.3 Å². The van der Waals surface area contributed by atoms with Crippen LogP contribution in [0.1, 0.15) is 9.75 Å². The predicted molar refractivity (Wildman–Crippen MR) is 40.2 cm³/mol. The Hall–Kier alpha value is -0.690. The van der Waals surface area contributed by atoms with Crippen molar-refractivity contribution >= 4 is 11.3 Å². The lowest BCUT2D eigenvalue weighted by Gasteiger charge is -2.17. The molecule has 0 saturated heterocycles. The molecule has 1 aromatic rings. The molecule has 80 valence electrons. The monoisotopic (exact) mass is 232 g/mol. The fraction of sp³-hybridized carbons (Fsp3) is 0.429. The van der Waals surface area contributed by atoms with Gasteiger partial charge in [-0.05, 0) is 12.1 Å². The van der Waals surface area contributed by atoms with E-state index in [0.717, 1.165) is 6.07 Å². The Morgan fingerprint density at radius 2 is 1.71 bits per heavy atom. The largest absolute Gasteiger partial charge is 0.458 e. The van der Waals surface area contributed by atoms with Crippen LogP contribution in [-0.4, -0.2) is 11.3 Å². The molecule has 1 aromatic heterocycles. The number of hydrogen-bond donors (Lipinski definition) is 1. The van der Waals surface area contributed by atoms with Gasteiger partial charge in [0.2, 0.25) is 0 Å². The minimum absolute atomic E-state index is 0.0731. The van der Waals surface area contributed by atoms with Crippen molar-refractivity contribution in [2.24, 2.45) is 0 Å². The third-order valence-electron chi connectivity index (χ3n) is 1.48. The summed E-state index contributed by atoms with van der Waals surface area (Å²) in [7, 11) is 0. The van der Waals surface area contributed by atoms with Crippen LogP contribution in [0, 0.1) is 0 Å². The molecule has 0 spiro atoms. The summed E-state index contributed by atoms with van der Waals surface area (Å²) in [5, 5.41) is 8.50. The lowest BCUT2D eigenvalue weighted by molar-refractivity contribution is -0.287. The van der Waals surface area contributed by atoms with Gasteiger partial charge in [-0.3, -0.25) is 0 Å². The maximum Gasteiger partial charge on any atom is 0.458 e. The molecular weight excluding hydrogens is 227 g/mol. The van der Waals surface area contributed by atoms with E-state index in [9.17, 15) is 22.0 Å². The van der Waals surface area contributed by atoms with Gasteiger partial charge in [-0.25, -0.2) is 0 Å². The third-order valence-corrected chi connectivity index (χ3v) is 2.62. The maximum atomic E-state index is 12.6. The topological polar surface area (TPSA) is 20.2 Å². The standard InChI is InChI=1S/C7H5F5OS/c8-6(9,7(10,11)12)5-2-1-4(3-13)14-5/h1-2,13H,3H2. The molecule has 0 bridgehead atoms. The van der Waals surface area contributed by atoms with E-state index in [-0.39, 0.29) is 16.2 Å². The van der Waals surface area contributed by atoms with E-state index < -0.39 is 23.6 Å². The Kier molecular flexibility index (Phi) is 2.82. The third kappa shape index (κ3) is 1.88. The van der Waals surface area contributed by atoms with E-state index in [1.54, 1.807) is 0 Å². The second kappa shape index (κ2) is 3.47. The van der Waals surface area contributed by atoms with Crippen molar-refractivity contribution in [3.05, 3.63) is 21.9 Å². The number of halogens is 5. The first kappa shape index (κ1) is 11.4. The van der Waals surface area contributed by atoms with Gasteiger partial charge in [-0.15, -0.1) is 11.3 Å². The van der Waals surface area contributed by atoms with E-state index >= 15 is 0 Å². The van der Waals surface area contributed by atoms with Crippen LogP contribution in [0.3, 0.4) is 0 Å². The van der Waals surface area contributed by atoms with Gasteiger partial charge < -0.3 is 5.11 Å². The summed E-state index contributed by atoms with van der Waals surface area (Å²) >= 11 is 0.247. The SMILES string of the molecule is OCc1ccc(C(F)(F)C(F)(F)F)s1. The van der Waals surface area contributed by atoms with Gasteiger partial charge in [0, 0.05) is 4.88 Å². The van der Waals surface area contributed by atoms with E-state index in [4.69, 9.17) is 5.11 Å². The second-order valence-corrected chi connectivity index (χ2v) is 3.66. The molecule has 0 radical (unpaired) electrons. The summed E-state index contributed by atoms with van der Waals surface area (Å²) in [5.74, 6) is -4.84. The normalized spacial score (nSPS) is 13.3. The van der Waals surface area contributed by atoms with E-state index in [2.05, 4.69) is 0 Å². The summed E-state index contributed by atoms with van der Waals surface area (Å²) in [6.45, 7) is -0.543. The number of alkyl halides is 5. The van der Waals surface area contributed by atoms with Gasteiger partial charge in [-0.1, -0.05) is 0 Å². The summed E-state index contributed by atoms with van der Waals surface area (Å²) < 4.78 is 60.7. The van der Waals surface area contributed by atoms with Crippen molar-refractivity contribution in [2.45, 2.75) is 18.7 Å². The van der Waals surface area contributed by atoms with Gasteiger partial charge in [0.15, 0.2) is 0 Å². The van der Waals surface area contributed by atoms with Crippen LogP contribution in [-0.2, 0) is 12.5 Å². The zero-order valence-electron chi connectivity index (χ0n) is 6.61. The van der Waals surface area contributed by atoms with Crippen LogP contribution in [0.4, 0.5) is 22.0 Å². The van der Waals surface area contributed by atoms with Crippen molar-refractivity contribution < 1.29 is 27.1 Å². The number of rotatable bonds is 2. The number of thiophene rings is 1. The predicted octanol–water partition coefficient (Wildman–Crippen LogP) is 2.89.